The van der Waals surface area contributed by atoms with Gasteiger partial charge in [0.25, 0.3) is 0 Å². The van der Waals surface area contributed by atoms with Crippen molar-refractivity contribution in [2.24, 2.45) is 5.73 Å². The van der Waals surface area contributed by atoms with Crippen LogP contribution in [0.4, 0.5) is 4.39 Å². The van der Waals surface area contributed by atoms with E-state index in [-0.39, 0.29) is 12.1 Å². The largest absolute Gasteiger partial charge is 0.480 e. The van der Waals surface area contributed by atoms with Gasteiger partial charge in [-0.3, -0.25) is 14.9 Å². The van der Waals surface area contributed by atoms with E-state index in [0.717, 1.165) is 12.5 Å². The molecular weight excluding hydrogens is 251 g/mol. The third-order valence-electron chi connectivity index (χ3n) is 3.57. The van der Waals surface area contributed by atoms with E-state index in [9.17, 15) is 14.0 Å². The number of benzene rings is 1. The summed E-state index contributed by atoms with van der Waals surface area (Å²) >= 11 is 0. The Kier molecular flexibility index (Phi) is 3.53. The van der Waals surface area contributed by atoms with Gasteiger partial charge in [-0.2, -0.15) is 0 Å². The number of carbonyl (C=O) groups is 2. The van der Waals surface area contributed by atoms with Crippen LogP contribution >= 0.6 is 0 Å². The van der Waals surface area contributed by atoms with Crippen molar-refractivity contribution in [3.05, 3.63) is 35.1 Å². The summed E-state index contributed by atoms with van der Waals surface area (Å²) in [6, 6.07) is 3.93. The minimum Gasteiger partial charge on any atom is -0.480 e. The molecule has 1 aliphatic carbocycles. The first-order valence-corrected chi connectivity index (χ1v) is 6.01. The molecule has 0 aromatic heterocycles. The number of nitrogens with two attached hydrogens (primary N) is 1. The summed E-state index contributed by atoms with van der Waals surface area (Å²) in [7, 11) is 0. The Morgan fingerprint density at radius 1 is 1.42 bits per heavy atom. The fourth-order valence-corrected chi connectivity index (χ4v) is 2.10. The molecule has 0 unspecified atom stereocenters. The summed E-state index contributed by atoms with van der Waals surface area (Å²) in [6.07, 6.45) is 1.94. The zero-order valence-corrected chi connectivity index (χ0v) is 10.3. The summed E-state index contributed by atoms with van der Waals surface area (Å²) < 4.78 is 13.7. The second-order valence-corrected chi connectivity index (χ2v) is 4.76. The zero-order chi connectivity index (χ0) is 14.0. The standard InChI is InChI=1S/C13H15FN2O3/c14-10-6-8(11(15)17)2-3-9(10)7-16-13(12(18)19)4-1-5-13/h2-3,6,16H,1,4-5,7H2,(H2,15,17)(H,18,19). The molecular formula is C13H15FN2O3. The number of carboxylic acid groups (broad SMARTS) is 1. The van der Waals surface area contributed by atoms with E-state index in [1.165, 1.54) is 12.1 Å². The van der Waals surface area contributed by atoms with E-state index in [0.29, 0.717) is 18.4 Å². The van der Waals surface area contributed by atoms with E-state index in [1.807, 2.05) is 0 Å². The van der Waals surface area contributed by atoms with Gasteiger partial charge < -0.3 is 10.8 Å². The first-order valence-electron chi connectivity index (χ1n) is 6.01. The Bertz CT molecular complexity index is 527. The number of rotatable bonds is 5. The van der Waals surface area contributed by atoms with Crippen molar-refractivity contribution in [2.45, 2.75) is 31.3 Å². The minimum absolute atomic E-state index is 0.0952. The third-order valence-corrected chi connectivity index (χ3v) is 3.57. The normalized spacial score (nSPS) is 16.7. The van der Waals surface area contributed by atoms with Crippen LogP contribution in [0.3, 0.4) is 0 Å². The van der Waals surface area contributed by atoms with Crippen LogP contribution in [-0.2, 0) is 11.3 Å². The molecule has 1 aliphatic rings. The lowest BCUT2D eigenvalue weighted by atomic mass is 9.76. The Balaban J connectivity index is 2.08. The molecule has 0 heterocycles. The quantitative estimate of drug-likeness (QED) is 0.742. The second-order valence-electron chi connectivity index (χ2n) is 4.76. The number of hydrogen-bond acceptors (Lipinski definition) is 3. The van der Waals surface area contributed by atoms with Gasteiger partial charge in [0.2, 0.25) is 5.91 Å². The highest BCUT2D eigenvalue weighted by Crippen LogP contribution is 2.32. The van der Waals surface area contributed by atoms with Crippen molar-refractivity contribution in [2.75, 3.05) is 0 Å². The van der Waals surface area contributed by atoms with E-state index < -0.39 is 23.2 Å². The highest BCUT2D eigenvalue weighted by Gasteiger charge is 2.43. The third kappa shape index (κ3) is 2.58. The highest BCUT2D eigenvalue weighted by atomic mass is 19.1. The Hall–Kier alpha value is -1.95. The molecule has 0 saturated heterocycles. The lowest BCUT2D eigenvalue weighted by molar-refractivity contribution is -0.148. The number of aliphatic carboxylic acids is 1. The monoisotopic (exact) mass is 266 g/mol. The number of primary amides is 1. The first-order chi connectivity index (χ1) is 8.94. The number of hydrogen-bond donors (Lipinski definition) is 3. The molecule has 0 aliphatic heterocycles. The van der Waals surface area contributed by atoms with Crippen molar-refractivity contribution < 1.29 is 19.1 Å². The van der Waals surface area contributed by atoms with Crippen LogP contribution < -0.4 is 11.1 Å². The van der Waals surface area contributed by atoms with Crippen LogP contribution in [0, 0.1) is 5.82 Å². The SMILES string of the molecule is NC(=O)c1ccc(CNC2(C(=O)O)CCC2)c(F)c1. The Morgan fingerprint density at radius 2 is 2.11 bits per heavy atom. The van der Waals surface area contributed by atoms with Crippen molar-refractivity contribution in [3.8, 4) is 0 Å². The van der Waals surface area contributed by atoms with Crippen LogP contribution in [0.25, 0.3) is 0 Å². The average molecular weight is 266 g/mol. The molecule has 1 saturated carbocycles. The fourth-order valence-electron chi connectivity index (χ4n) is 2.10. The van der Waals surface area contributed by atoms with Gasteiger partial charge in [0.05, 0.1) is 0 Å². The van der Waals surface area contributed by atoms with Gasteiger partial charge in [0, 0.05) is 17.7 Å². The molecule has 1 aromatic rings. The van der Waals surface area contributed by atoms with Crippen molar-refractivity contribution in [1.82, 2.24) is 5.32 Å². The van der Waals surface area contributed by atoms with Gasteiger partial charge in [0.1, 0.15) is 11.4 Å². The minimum atomic E-state index is -0.936. The van der Waals surface area contributed by atoms with Crippen LogP contribution in [0.15, 0.2) is 18.2 Å². The smallest absolute Gasteiger partial charge is 0.323 e. The van der Waals surface area contributed by atoms with E-state index in [1.54, 1.807) is 0 Å². The molecule has 0 bridgehead atoms. The van der Waals surface area contributed by atoms with Crippen LogP contribution in [0.2, 0.25) is 0 Å². The predicted octanol–water partition coefficient (Wildman–Crippen LogP) is 1.02. The maximum Gasteiger partial charge on any atom is 0.323 e. The summed E-state index contributed by atoms with van der Waals surface area (Å²) in [6.45, 7) is 0.108. The topological polar surface area (TPSA) is 92.4 Å². The number of halogens is 1. The number of nitrogens with one attached hydrogen (secondary N) is 1. The Labute approximate surface area is 109 Å². The van der Waals surface area contributed by atoms with Gasteiger partial charge >= 0.3 is 5.97 Å². The van der Waals surface area contributed by atoms with Crippen LogP contribution in [0.5, 0.6) is 0 Å². The van der Waals surface area contributed by atoms with Gasteiger partial charge in [-0.05, 0) is 31.4 Å². The first kappa shape index (κ1) is 13.5. The number of carboxylic acids is 1. The van der Waals surface area contributed by atoms with Crippen molar-refractivity contribution in [1.29, 1.82) is 0 Å². The molecule has 1 aromatic carbocycles. The van der Waals surface area contributed by atoms with Crippen molar-refractivity contribution in [3.63, 3.8) is 0 Å². The highest BCUT2D eigenvalue weighted by molar-refractivity contribution is 5.92. The summed E-state index contributed by atoms with van der Waals surface area (Å²) in [5.74, 6) is -2.17. The molecule has 0 spiro atoms. The molecule has 0 radical (unpaired) electrons. The molecule has 6 heteroatoms. The Morgan fingerprint density at radius 3 is 2.53 bits per heavy atom. The summed E-state index contributed by atoms with van der Waals surface area (Å²) in [5, 5.41) is 12.0. The van der Waals surface area contributed by atoms with Gasteiger partial charge in [0.15, 0.2) is 0 Å². The molecule has 1 fully saturated rings. The molecule has 4 N–H and O–H groups in total. The van der Waals surface area contributed by atoms with Gasteiger partial charge in [-0.15, -0.1) is 0 Å². The van der Waals surface area contributed by atoms with Gasteiger partial charge in [-0.25, -0.2) is 4.39 Å². The molecule has 2 rings (SSSR count). The fraction of sp³-hybridized carbons (Fsp3) is 0.385. The molecule has 1 amide bonds. The predicted molar refractivity (Wildman–Crippen MR) is 66.0 cm³/mol. The number of carbonyl (C=O) groups excluding carboxylic acids is 1. The van der Waals surface area contributed by atoms with Gasteiger partial charge in [-0.1, -0.05) is 6.07 Å². The molecule has 102 valence electrons. The lowest BCUT2D eigenvalue weighted by Crippen LogP contribution is -2.56. The summed E-state index contributed by atoms with van der Waals surface area (Å²) in [4.78, 5) is 22.0. The zero-order valence-electron chi connectivity index (χ0n) is 10.3. The average Bonchev–Trinajstić information content (AvgIpc) is 2.28. The number of amides is 1. The van der Waals surface area contributed by atoms with E-state index >= 15 is 0 Å². The van der Waals surface area contributed by atoms with E-state index in [4.69, 9.17) is 10.8 Å². The maximum atomic E-state index is 13.7. The van der Waals surface area contributed by atoms with Crippen molar-refractivity contribution >= 4 is 11.9 Å². The molecule has 19 heavy (non-hydrogen) atoms. The van der Waals surface area contributed by atoms with Crippen LogP contribution in [0.1, 0.15) is 35.2 Å². The van der Waals surface area contributed by atoms with E-state index in [2.05, 4.69) is 5.32 Å². The lowest BCUT2D eigenvalue weighted by Gasteiger charge is -2.38. The molecule has 0 atom stereocenters. The second kappa shape index (κ2) is 4.97. The van der Waals surface area contributed by atoms with Crippen LogP contribution in [-0.4, -0.2) is 22.5 Å². The maximum absolute atomic E-state index is 13.7. The molecule has 5 nitrogen and oxygen atoms in total. The summed E-state index contributed by atoms with van der Waals surface area (Å²) in [5.41, 5.74) is 4.52.